The van der Waals surface area contributed by atoms with Crippen molar-refractivity contribution in [1.29, 1.82) is 0 Å². The molecule has 0 radical (unpaired) electrons. The monoisotopic (exact) mass is 303 g/mol. The summed E-state index contributed by atoms with van der Waals surface area (Å²) in [6, 6.07) is 6.77. The highest BCUT2D eigenvalue weighted by Gasteiger charge is 2.19. The second-order valence-corrected chi connectivity index (χ2v) is 5.63. The fourth-order valence-corrected chi connectivity index (χ4v) is 2.98. The van der Waals surface area contributed by atoms with Crippen LogP contribution in [0.25, 0.3) is 0 Å². The van der Waals surface area contributed by atoms with Crippen LogP contribution in [-0.2, 0) is 13.2 Å². The van der Waals surface area contributed by atoms with Gasteiger partial charge in [-0.1, -0.05) is 23.9 Å². The lowest BCUT2D eigenvalue weighted by atomic mass is 10.2. The molecule has 0 atom stereocenters. The van der Waals surface area contributed by atoms with Crippen molar-refractivity contribution in [3.05, 3.63) is 51.9 Å². The number of aliphatic hydroxyl groups excluding tert-OH is 1. The van der Waals surface area contributed by atoms with Gasteiger partial charge in [0.2, 0.25) is 0 Å². The van der Waals surface area contributed by atoms with E-state index in [4.69, 9.17) is 5.11 Å². The Labute approximate surface area is 124 Å². The SMILES string of the molecule is O=C(Nc1ccc(CO)cc1)c1cnc2n(c1=O)CCS2. The van der Waals surface area contributed by atoms with E-state index >= 15 is 0 Å². The van der Waals surface area contributed by atoms with E-state index in [9.17, 15) is 9.59 Å². The Morgan fingerprint density at radius 1 is 1.38 bits per heavy atom. The van der Waals surface area contributed by atoms with Gasteiger partial charge in [0.15, 0.2) is 5.16 Å². The van der Waals surface area contributed by atoms with Gasteiger partial charge in [-0.2, -0.15) is 0 Å². The first-order valence-corrected chi connectivity index (χ1v) is 7.41. The third-order valence-electron chi connectivity index (χ3n) is 3.20. The molecule has 2 heterocycles. The molecule has 1 aromatic carbocycles. The molecule has 1 aromatic heterocycles. The van der Waals surface area contributed by atoms with Crippen molar-refractivity contribution in [2.24, 2.45) is 0 Å². The molecule has 3 rings (SSSR count). The number of fused-ring (bicyclic) bond motifs is 1. The summed E-state index contributed by atoms with van der Waals surface area (Å²) in [6.45, 7) is 0.528. The van der Waals surface area contributed by atoms with Crippen molar-refractivity contribution in [3.63, 3.8) is 0 Å². The van der Waals surface area contributed by atoms with Crippen LogP contribution in [0.15, 0.2) is 40.4 Å². The molecule has 0 unspecified atom stereocenters. The number of nitrogens with one attached hydrogen (secondary N) is 1. The van der Waals surface area contributed by atoms with Gasteiger partial charge in [-0.3, -0.25) is 14.2 Å². The standard InChI is InChI=1S/C14H13N3O3S/c18-8-9-1-3-10(4-2-9)16-12(19)11-7-15-14-17(13(11)20)5-6-21-14/h1-4,7,18H,5-6,8H2,(H,16,19). The number of anilines is 1. The summed E-state index contributed by atoms with van der Waals surface area (Å²) in [6.07, 6.45) is 1.32. The molecule has 0 fully saturated rings. The van der Waals surface area contributed by atoms with Crippen LogP contribution >= 0.6 is 11.8 Å². The summed E-state index contributed by atoms with van der Waals surface area (Å²) in [4.78, 5) is 28.5. The first kappa shape index (κ1) is 13.8. The predicted molar refractivity (Wildman–Crippen MR) is 79.5 cm³/mol. The molecular formula is C14H13N3O3S. The van der Waals surface area contributed by atoms with Crippen LogP contribution in [-0.4, -0.2) is 26.3 Å². The van der Waals surface area contributed by atoms with E-state index in [0.29, 0.717) is 17.4 Å². The van der Waals surface area contributed by atoms with Crippen LogP contribution in [0.2, 0.25) is 0 Å². The minimum Gasteiger partial charge on any atom is -0.392 e. The quantitative estimate of drug-likeness (QED) is 0.829. The molecule has 7 heteroatoms. The Hall–Kier alpha value is -2.12. The average Bonchev–Trinajstić information content (AvgIpc) is 2.98. The molecule has 0 aliphatic carbocycles. The molecule has 2 N–H and O–H groups in total. The minimum absolute atomic E-state index is 0.0347. The molecule has 2 aromatic rings. The highest BCUT2D eigenvalue weighted by atomic mass is 32.2. The van der Waals surface area contributed by atoms with E-state index in [1.807, 2.05) is 0 Å². The lowest BCUT2D eigenvalue weighted by molar-refractivity contribution is 0.102. The van der Waals surface area contributed by atoms with E-state index in [1.54, 1.807) is 24.3 Å². The van der Waals surface area contributed by atoms with Crippen molar-refractivity contribution in [2.75, 3.05) is 11.1 Å². The van der Waals surface area contributed by atoms with Crippen LogP contribution in [0, 0.1) is 0 Å². The number of nitrogens with zero attached hydrogens (tertiary/aromatic N) is 2. The van der Waals surface area contributed by atoms with E-state index in [-0.39, 0.29) is 17.7 Å². The van der Waals surface area contributed by atoms with Gasteiger partial charge in [0.1, 0.15) is 5.56 Å². The third-order valence-corrected chi connectivity index (χ3v) is 4.17. The molecule has 0 bridgehead atoms. The van der Waals surface area contributed by atoms with Gasteiger partial charge in [-0.25, -0.2) is 4.98 Å². The summed E-state index contributed by atoms with van der Waals surface area (Å²) in [7, 11) is 0. The van der Waals surface area contributed by atoms with E-state index in [1.165, 1.54) is 22.5 Å². The molecule has 0 spiro atoms. The lowest BCUT2D eigenvalue weighted by Crippen LogP contribution is -2.29. The molecule has 1 aliphatic heterocycles. The van der Waals surface area contributed by atoms with Gasteiger partial charge < -0.3 is 10.4 Å². The predicted octanol–water partition coefficient (Wildman–Crippen LogP) is 1.09. The highest BCUT2D eigenvalue weighted by molar-refractivity contribution is 7.99. The van der Waals surface area contributed by atoms with Crippen molar-refractivity contribution in [1.82, 2.24) is 9.55 Å². The van der Waals surface area contributed by atoms with Crippen LogP contribution in [0.1, 0.15) is 15.9 Å². The van der Waals surface area contributed by atoms with Gasteiger partial charge >= 0.3 is 0 Å². The number of amides is 1. The second kappa shape index (κ2) is 5.71. The fraction of sp³-hybridized carbons (Fsp3) is 0.214. The Morgan fingerprint density at radius 3 is 2.86 bits per heavy atom. The van der Waals surface area contributed by atoms with E-state index in [2.05, 4.69) is 10.3 Å². The summed E-state index contributed by atoms with van der Waals surface area (Å²) < 4.78 is 1.52. The number of thioether (sulfide) groups is 1. The summed E-state index contributed by atoms with van der Waals surface area (Å²) >= 11 is 1.51. The number of aliphatic hydroxyl groups is 1. The zero-order chi connectivity index (χ0) is 14.8. The summed E-state index contributed by atoms with van der Waals surface area (Å²) in [5.41, 5.74) is 1.04. The highest BCUT2D eigenvalue weighted by Crippen LogP contribution is 2.20. The second-order valence-electron chi connectivity index (χ2n) is 4.57. The zero-order valence-corrected chi connectivity index (χ0v) is 11.9. The zero-order valence-electron chi connectivity index (χ0n) is 11.1. The average molecular weight is 303 g/mol. The van der Waals surface area contributed by atoms with Crippen molar-refractivity contribution >= 4 is 23.4 Å². The van der Waals surface area contributed by atoms with Gasteiger partial charge in [0.05, 0.1) is 6.61 Å². The fourth-order valence-electron chi connectivity index (χ4n) is 2.07. The molecule has 6 nitrogen and oxygen atoms in total. The topological polar surface area (TPSA) is 84.2 Å². The molecule has 108 valence electrons. The van der Waals surface area contributed by atoms with Crippen molar-refractivity contribution in [3.8, 4) is 0 Å². The van der Waals surface area contributed by atoms with Crippen LogP contribution in [0.3, 0.4) is 0 Å². The summed E-state index contributed by atoms with van der Waals surface area (Å²) in [5, 5.41) is 12.3. The van der Waals surface area contributed by atoms with Crippen molar-refractivity contribution in [2.45, 2.75) is 18.3 Å². The van der Waals surface area contributed by atoms with Gasteiger partial charge in [-0.05, 0) is 17.7 Å². The normalized spacial score (nSPS) is 13.0. The van der Waals surface area contributed by atoms with Crippen LogP contribution in [0.5, 0.6) is 0 Å². The first-order valence-electron chi connectivity index (χ1n) is 6.43. The molecule has 21 heavy (non-hydrogen) atoms. The first-order chi connectivity index (χ1) is 10.2. The molecular weight excluding hydrogens is 290 g/mol. The van der Waals surface area contributed by atoms with Crippen LogP contribution < -0.4 is 10.9 Å². The molecule has 0 saturated heterocycles. The number of hydrogen-bond donors (Lipinski definition) is 2. The number of rotatable bonds is 3. The van der Waals surface area contributed by atoms with E-state index < -0.39 is 5.91 Å². The maximum absolute atomic E-state index is 12.2. The Bertz CT molecular complexity index is 740. The smallest absolute Gasteiger partial charge is 0.267 e. The number of carbonyl (C=O) groups excluding carboxylic acids is 1. The maximum atomic E-state index is 12.2. The maximum Gasteiger partial charge on any atom is 0.267 e. The van der Waals surface area contributed by atoms with Gasteiger partial charge in [0.25, 0.3) is 11.5 Å². The number of carbonyl (C=O) groups is 1. The minimum atomic E-state index is -0.476. The Balaban J connectivity index is 1.84. The number of benzene rings is 1. The third kappa shape index (κ3) is 2.70. The molecule has 1 aliphatic rings. The van der Waals surface area contributed by atoms with E-state index in [0.717, 1.165) is 11.3 Å². The number of aromatic nitrogens is 2. The Kier molecular flexibility index (Phi) is 3.76. The van der Waals surface area contributed by atoms with Gasteiger partial charge in [0, 0.05) is 24.2 Å². The molecule has 0 saturated carbocycles. The van der Waals surface area contributed by atoms with Crippen molar-refractivity contribution < 1.29 is 9.90 Å². The number of hydrogen-bond acceptors (Lipinski definition) is 5. The Morgan fingerprint density at radius 2 is 2.14 bits per heavy atom. The van der Waals surface area contributed by atoms with Gasteiger partial charge in [-0.15, -0.1) is 0 Å². The summed E-state index contributed by atoms with van der Waals surface area (Å²) in [5.74, 6) is 0.326. The molecule has 1 amide bonds. The van der Waals surface area contributed by atoms with Crippen LogP contribution in [0.4, 0.5) is 5.69 Å². The largest absolute Gasteiger partial charge is 0.392 e. The lowest BCUT2D eigenvalue weighted by Gasteiger charge is -2.07.